The van der Waals surface area contributed by atoms with Crippen molar-refractivity contribution in [1.82, 2.24) is 9.38 Å². The molecule has 2 aromatic rings. The van der Waals surface area contributed by atoms with Gasteiger partial charge in [0.25, 0.3) is 0 Å². The van der Waals surface area contributed by atoms with E-state index in [9.17, 15) is 4.79 Å². The van der Waals surface area contributed by atoms with Crippen LogP contribution in [0.3, 0.4) is 0 Å². The van der Waals surface area contributed by atoms with E-state index >= 15 is 0 Å². The van der Waals surface area contributed by atoms with Gasteiger partial charge in [0, 0.05) is 17.8 Å². The van der Waals surface area contributed by atoms with Crippen LogP contribution in [0.4, 0.5) is 0 Å². The third-order valence-corrected chi connectivity index (χ3v) is 4.98. The lowest BCUT2D eigenvalue weighted by Gasteiger charge is -2.04. The summed E-state index contributed by atoms with van der Waals surface area (Å²) in [5.74, 6) is 1.47. The predicted octanol–water partition coefficient (Wildman–Crippen LogP) is 2.40. The average molecular weight is 252 g/mol. The number of Topliss-reactive ketones (excluding diaryl/α,β-unsaturated/α-hetero) is 1. The van der Waals surface area contributed by atoms with Crippen molar-refractivity contribution in [3.05, 3.63) is 23.5 Å². The summed E-state index contributed by atoms with van der Waals surface area (Å²) in [5, 5.41) is 2.22. The summed E-state index contributed by atoms with van der Waals surface area (Å²) in [5.41, 5.74) is 0.907. The minimum Gasteiger partial charge on any atom is -0.298 e. The lowest BCUT2D eigenvalue weighted by Crippen LogP contribution is -2.16. The molecule has 16 heavy (non-hydrogen) atoms. The normalized spacial score (nSPS) is 20.6. The number of thiazole rings is 1. The fourth-order valence-electron chi connectivity index (χ4n) is 1.99. The summed E-state index contributed by atoms with van der Waals surface area (Å²) in [6.45, 7) is 0. The molecule has 0 amide bonds. The minimum atomic E-state index is 0.222. The zero-order valence-electron chi connectivity index (χ0n) is 8.76. The van der Waals surface area contributed by atoms with Crippen LogP contribution in [0.2, 0.25) is 0 Å². The molecular formula is C11H12N2OS2. The van der Waals surface area contributed by atoms with Crippen molar-refractivity contribution in [3.8, 4) is 0 Å². The van der Waals surface area contributed by atoms with Gasteiger partial charge in [0.1, 0.15) is 0 Å². The molecular weight excluding hydrogens is 240 g/mol. The average Bonchev–Trinajstić information content (AvgIpc) is 2.91. The van der Waals surface area contributed by atoms with E-state index in [0.717, 1.165) is 22.8 Å². The first-order valence-electron chi connectivity index (χ1n) is 5.38. The lowest BCUT2D eigenvalue weighted by molar-refractivity contribution is -0.118. The molecule has 84 valence electrons. The molecule has 3 heterocycles. The number of imidazole rings is 1. The van der Waals surface area contributed by atoms with Gasteiger partial charge in [-0.3, -0.25) is 9.20 Å². The summed E-state index contributed by atoms with van der Waals surface area (Å²) in [7, 11) is 0. The molecule has 1 saturated heterocycles. The SMILES string of the molecule is O=C(Cc1cn2ccsc2n1)C1CCCS1. The highest BCUT2D eigenvalue weighted by atomic mass is 32.2. The molecule has 1 atom stereocenters. The van der Waals surface area contributed by atoms with Gasteiger partial charge in [-0.25, -0.2) is 4.98 Å². The molecule has 5 heteroatoms. The fraction of sp³-hybridized carbons (Fsp3) is 0.455. The largest absolute Gasteiger partial charge is 0.298 e. The van der Waals surface area contributed by atoms with E-state index in [1.54, 1.807) is 23.1 Å². The van der Waals surface area contributed by atoms with E-state index < -0.39 is 0 Å². The maximum atomic E-state index is 11.9. The molecule has 2 aromatic heterocycles. The number of ketones is 1. The van der Waals surface area contributed by atoms with Crippen molar-refractivity contribution in [2.75, 3.05) is 5.75 Å². The van der Waals surface area contributed by atoms with Crippen LogP contribution in [0.15, 0.2) is 17.8 Å². The molecule has 0 saturated carbocycles. The molecule has 0 bridgehead atoms. The van der Waals surface area contributed by atoms with E-state index in [1.807, 2.05) is 22.2 Å². The Hall–Kier alpha value is -0.810. The molecule has 0 spiro atoms. The first-order chi connectivity index (χ1) is 7.83. The van der Waals surface area contributed by atoms with Crippen molar-refractivity contribution in [2.45, 2.75) is 24.5 Å². The number of nitrogens with zero attached hydrogens (tertiary/aromatic N) is 2. The van der Waals surface area contributed by atoms with Crippen LogP contribution >= 0.6 is 23.1 Å². The van der Waals surface area contributed by atoms with Gasteiger partial charge in [-0.2, -0.15) is 11.8 Å². The van der Waals surface area contributed by atoms with Gasteiger partial charge < -0.3 is 0 Å². The van der Waals surface area contributed by atoms with Gasteiger partial charge in [0.05, 0.1) is 17.4 Å². The number of hydrogen-bond donors (Lipinski definition) is 0. The lowest BCUT2D eigenvalue weighted by atomic mass is 10.1. The van der Waals surface area contributed by atoms with E-state index in [0.29, 0.717) is 12.2 Å². The van der Waals surface area contributed by atoms with Gasteiger partial charge >= 0.3 is 0 Å². The topological polar surface area (TPSA) is 34.4 Å². The predicted molar refractivity (Wildman–Crippen MR) is 67.3 cm³/mol. The Kier molecular flexibility index (Phi) is 2.73. The highest BCUT2D eigenvalue weighted by Gasteiger charge is 2.23. The molecule has 1 fully saturated rings. The molecule has 0 aromatic carbocycles. The Balaban J connectivity index is 1.74. The van der Waals surface area contributed by atoms with Crippen LogP contribution in [-0.2, 0) is 11.2 Å². The van der Waals surface area contributed by atoms with Crippen LogP contribution in [0.25, 0.3) is 4.96 Å². The first-order valence-corrected chi connectivity index (χ1v) is 7.31. The Morgan fingerprint density at radius 2 is 2.56 bits per heavy atom. The number of fused-ring (bicyclic) bond motifs is 1. The monoisotopic (exact) mass is 252 g/mol. The minimum absolute atomic E-state index is 0.222. The van der Waals surface area contributed by atoms with Crippen LogP contribution in [0.5, 0.6) is 0 Å². The van der Waals surface area contributed by atoms with Gasteiger partial charge in [-0.05, 0) is 18.6 Å². The molecule has 3 nitrogen and oxygen atoms in total. The molecule has 0 aliphatic carbocycles. The number of carbonyl (C=O) groups excluding carboxylic acids is 1. The number of aromatic nitrogens is 2. The summed E-state index contributed by atoms with van der Waals surface area (Å²) >= 11 is 3.40. The molecule has 1 aliphatic heterocycles. The smallest absolute Gasteiger partial charge is 0.193 e. The second-order valence-electron chi connectivity index (χ2n) is 3.97. The van der Waals surface area contributed by atoms with Crippen LogP contribution in [0, 0.1) is 0 Å². The van der Waals surface area contributed by atoms with E-state index in [4.69, 9.17) is 0 Å². The zero-order chi connectivity index (χ0) is 11.0. The summed E-state index contributed by atoms with van der Waals surface area (Å²) in [6, 6.07) is 0. The van der Waals surface area contributed by atoms with Crippen LogP contribution in [-0.4, -0.2) is 26.2 Å². The summed E-state index contributed by atoms with van der Waals surface area (Å²) in [4.78, 5) is 17.4. The fourth-order valence-corrected chi connectivity index (χ4v) is 3.92. The Morgan fingerprint density at radius 3 is 3.31 bits per heavy atom. The summed E-state index contributed by atoms with van der Waals surface area (Å²) in [6.07, 6.45) is 6.66. The highest BCUT2D eigenvalue weighted by molar-refractivity contribution is 8.00. The second kappa shape index (κ2) is 4.22. The maximum Gasteiger partial charge on any atom is 0.193 e. The van der Waals surface area contributed by atoms with Gasteiger partial charge in [0.2, 0.25) is 0 Å². The Morgan fingerprint density at radius 1 is 1.62 bits per heavy atom. The zero-order valence-corrected chi connectivity index (χ0v) is 10.4. The van der Waals surface area contributed by atoms with Gasteiger partial charge in [-0.15, -0.1) is 11.3 Å². The van der Waals surface area contributed by atoms with Crippen LogP contribution in [0.1, 0.15) is 18.5 Å². The molecule has 1 unspecified atom stereocenters. The van der Waals surface area contributed by atoms with E-state index in [2.05, 4.69) is 4.98 Å². The first kappa shape index (κ1) is 10.4. The second-order valence-corrected chi connectivity index (χ2v) is 6.15. The van der Waals surface area contributed by atoms with Crippen molar-refractivity contribution in [3.63, 3.8) is 0 Å². The van der Waals surface area contributed by atoms with Gasteiger partial charge in [0.15, 0.2) is 10.7 Å². The number of rotatable bonds is 3. The van der Waals surface area contributed by atoms with Crippen molar-refractivity contribution >= 4 is 33.8 Å². The quantitative estimate of drug-likeness (QED) is 0.841. The highest BCUT2D eigenvalue weighted by Crippen LogP contribution is 2.27. The molecule has 0 N–H and O–H groups in total. The third-order valence-electron chi connectivity index (χ3n) is 2.79. The number of thioether (sulfide) groups is 1. The molecule has 0 radical (unpaired) electrons. The maximum absolute atomic E-state index is 11.9. The third kappa shape index (κ3) is 1.89. The van der Waals surface area contributed by atoms with Crippen molar-refractivity contribution in [1.29, 1.82) is 0 Å². The van der Waals surface area contributed by atoms with Crippen LogP contribution < -0.4 is 0 Å². The van der Waals surface area contributed by atoms with Crippen molar-refractivity contribution < 1.29 is 4.79 Å². The van der Waals surface area contributed by atoms with E-state index in [1.165, 1.54) is 6.42 Å². The number of hydrogen-bond acceptors (Lipinski definition) is 4. The summed E-state index contributed by atoms with van der Waals surface area (Å²) < 4.78 is 1.98. The standard InChI is InChI=1S/C11H12N2OS2/c14-9(10-2-1-4-15-10)6-8-7-13-3-5-16-11(13)12-8/h3,5,7,10H,1-2,4,6H2. The molecule has 1 aliphatic rings. The molecule has 3 rings (SSSR count). The van der Waals surface area contributed by atoms with Crippen molar-refractivity contribution in [2.24, 2.45) is 0 Å². The van der Waals surface area contributed by atoms with Gasteiger partial charge in [-0.1, -0.05) is 0 Å². The Labute approximate surface area is 102 Å². The Bertz CT molecular complexity index is 482. The van der Waals surface area contributed by atoms with E-state index in [-0.39, 0.29) is 5.25 Å². The number of carbonyl (C=O) groups is 1.